The van der Waals surface area contributed by atoms with Crippen LogP contribution in [0.1, 0.15) is 19.8 Å². The summed E-state index contributed by atoms with van der Waals surface area (Å²) < 4.78 is 27.6. The molecule has 3 N–H and O–H groups in total. The molecule has 0 radical (unpaired) electrons. The summed E-state index contributed by atoms with van der Waals surface area (Å²) in [4.78, 5) is 2.35. The van der Waals surface area contributed by atoms with E-state index in [2.05, 4.69) is 32.5 Å². The van der Waals surface area contributed by atoms with Gasteiger partial charge in [0.05, 0.1) is 9.37 Å². The molecule has 0 aromatic heterocycles. The highest BCUT2D eigenvalue weighted by atomic mass is 79.9. The number of nitrogens with two attached hydrogens (primary N) is 1. The number of likely N-dealkylation sites (N-methyl/N-ethyl adjacent to an activating group) is 1. The predicted molar refractivity (Wildman–Crippen MR) is 89.0 cm³/mol. The molecule has 2 rings (SSSR count). The zero-order valence-corrected chi connectivity index (χ0v) is 14.9. The van der Waals surface area contributed by atoms with Gasteiger partial charge in [0, 0.05) is 29.8 Å². The summed E-state index contributed by atoms with van der Waals surface area (Å²) >= 11 is 9.09. The Bertz CT molecular complexity index is 620. The highest BCUT2D eigenvalue weighted by Crippen LogP contribution is 2.31. The Morgan fingerprint density at radius 2 is 2.14 bits per heavy atom. The summed E-state index contributed by atoms with van der Waals surface area (Å²) in [6.07, 6.45) is 2.41. The van der Waals surface area contributed by atoms with Gasteiger partial charge in [0.15, 0.2) is 0 Å². The molecule has 0 amide bonds. The molecule has 0 atom stereocenters. The molecule has 0 unspecified atom stereocenters. The molecule has 1 aromatic carbocycles. The molecule has 0 heterocycles. The lowest BCUT2D eigenvalue weighted by atomic mass is 10.3. The Kier molecular flexibility index (Phi) is 5.54. The Morgan fingerprint density at radius 3 is 2.71 bits per heavy atom. The van der Waals surface area contributed by atoms with Crippen LogP contribution in [-0.2, 0) is 10.0 Å². The molecular formula is C13H19BrClN3O2S. The molecule has 1 aromatic rings. The molecule has 1 aliphatic rings. The quantitative estimate of drug-likeness (QED) is 0.694. The summed E-state index contributed by atoms with van der Waals surface area (Å²) in [7, 11) is -3.63. The zero-order chi connectivity index (χ0) is 15.6. The molecule has 1 aliphatic carbocycles. The van der Waals surface area contributed by atoms with Crippen LogP contribution in [0.25, 0.3) is 0 Å². The van der Waals surface area contributed by atoms with E-state index in [4.69, 9.17) is 17.3 Å². The molecule has 21 heavy (non-hydrogen) atoms. The monoisotopic (exact) mass is 395 g/mol. The molecule has 1 saturated carbocycles. The van der Waals surface area contributed by atoms with Gasteiger partial charge >= 0.3 is 0 Å². The average Bonchev–Trinajstić information content (AvgIpc) is 3.23. The van der Waals surface area contributed by atoms with Crippen molar-refractivity contribution in [3.63, 3.8) is 0 Å². The second-order valence-electron chi connectivity index (χ2n) is 5.06. The van der Waals surface area contributed by atoms with Crippen molar-refractivity contribution in [3.05, 3.63) is 21.6 Å². The Hall–Kier alpha value is -0.340. The second kappa shape index (κ2) is 6.83. The minimum Gasteiger partial charge on any atom is -0.398 e. The number of nitrogens with one attached hydrogen (secondary N) is 1. The van der Waals surface area contributed by atoms with Crippen molar-refractivity contribution >= 4 is 43.2 Å². The van der Waals surface area contributed by atoms with Crippen LogP contribution in [0.4, 0.5) is 5.69 Å². The molecule has 118 valence electrons. The standard InChI is InChI=1S/C13H19BrClN3O2S/c1-2-18(10-3-4-10)6-5-17-21(19,20)12-8-9(15)7-11(16)13(12)14/h7-8,10,17H,2-6,16H2,1H3. The minimum atomic E-state index is -3.63. The third-order valence-electron chi connectivity index (χ3n) is 3.48. The summed E-state index contributed by atoms with van der Waals surface area (Å²) in [6, 6.07) is 3.52. The maximum absolute atomic E-state index is 12.3. The van der Waals surface area contributed by atoms with Gasteiger partial charge in [-0.3, -0.25) is 4.90 Å². The van der Waals surface area contributed by atoms with Crippen molar-refractivity contribution in [1.82, 2.24) is 9.62 Å². The number of benzene rings is 1. The van der Waals surface area contributed by atoms with Crippen LogP contribution in [0.15, 0.2) is 21.5 Å². The lowest BCUT2D eigenvalue weighted by molar-refractivity contribution is 0.282. The fraction of sp³-hybridized carbons (Fsp3) is 0.538. The fourth-order valence-electron chi connectivity index (χ4n) is 2.22. The van der Waals surface area contributed by atoms with Gasteiger partial charge in [0.2, 0.25) is 10.0 Å². The van der Waals surface area contributed by atoms with Crippen LogP contribution >= 0.6 is 27.5 Å². The first-order valence-corrected chi connectivity index (χ1v) is 9.48. The predicted octanol–water partition coefficient (Wildman–Crippen LogP) is 2.45. The van der Waals surface area contributed by atoms with Crippen LogP contribution < -0.4 is 10.5 Å². The van der Waals surface area contributed by atoms with E-state index in [1.165, 1.54) is 25.0 Å². The topological polar surface area (TPSA) is 75.4 Å². The van der Waals surface area contributed by atoms with E-state index in [-0.39, 0.29) is 4.90 Å². The highest BCUT2D eigenvalue weighted by Gasteiger charge is 2.28. The molecule has 0 spiro atoms. The van der Waals surface area contributed by atoms with Gasteiger partial charge in [-0.25, -0.2) is 13.1 Å². The Balaban J connectivity index is 2.04. The van der Waals surface area contributed by atoms with Gasteiger partial charge in [-0.15, -0.1) is 0 Å². The average molecular weight is 397 g/mol. The largest absolute Gasteiger partial charge is 0.398 e. The number of nitrogens with zero attached hydrogens (tertiary/aromatic N) is 1. The minimum absolute atomic E-state index is 0.0713. The number of sulfonamides is 1. The zero-order valence-electron chi connectivity index (χ0n) is 11.8. The first kappa shape index (κ1) is 17.0. The highest BCUT2D eigenvalue weighted by molar-refractivity contribution is 9.10. The van der Waals surface area contributed by atoms with Crippen LogP contribution in [0.3, 0.4) is 0 Å². The first-order valence-electron chi connectivity index (χ1n) is 6.83. The Morgan fingerprint density at radius 1 is 1.48 bits per heavy atom. The van der Waals surface area contributed by atoms with Gasteiger partial charge in [0.1, 0.15) is 0 Å². The van der Waals surface area contributed by atoms with Crippen molar-refractivity contribution < 1.29 is 8.42 Å². The van der Waals surface area contributed by atoms with E-state index in [1.54, 1.807) is 0 Å². The van der Waals surface area contributed by atoms with Gasteiger partial charge < -0.3 is 5.73 Å². The molecule has 1 fully saturated rings. The molecular weight excluding hydrogens is 378 g/mol. The summed E-state index contributed by atoms with van der Waals surface area (Å²) in [5.74, 6) is 0. The van der Waals surface area contributed by atoms with E-state index in [1.807, 2.05) is 0 Å². The fourth-order valence-corrected chi connectivity index (χ4v) is 4.53. The molecule has 0 saturated heterocycles. The first-order chi connectivity index (χ1) is 9.85. The number of hydrogen-bond acceptors (Lipinski definition) is 4. The van der Waals surface area contributed by atoms with Gasteiger partial charge in [0.25, 0.3) is 0 Å². The third-order valence-corrected chi connectivity index (χ3v) is 6.33. The number of rotatable bonds is 7. The summed E-state index contributed by atoms with van der Waals surface area (Å²) in [5.41, 5.74) is 6.03. The van der Waals surface area contributed by atoms with Crippen LogP contribution in [0.5, 0.6) is 0 Å². The van der Waals surface area contributed by atoms with Crippen LogP contribution in [0.2, 0.25) is 5.02 Å². The number of hydrogen-bond donors (Lipinski definition) is 2. The van der Waals surface area contributed by atoms with E-state index in [0.717, 1.165) is 6.54 Å². The Labute approximate surface area is 139 Å². The van der Waals surface area contributed by atoms with E-state index >= 15 is 0 Å². The summed E-state index contributed by atoms with van der Waals surface area (Å²) in [5, 5.41) is 0.296. The number of anilines is 1. The lowest BCUT2D eigenvalue weighted by Gasteiger charge is -2.20. The second-order valence-corrected chi connectivity index (χ2v) is 8.03. The normalized spacial score (nSPS) is 15.6. The van der Waals surface area contributed by atoms with Crippen molar-refractivity contribution in [2.75, 3.05) is 25.4 Å². The molecule has 0 bridgehead atoms. The smallest absolute Gasteiger partial charge is 0.241 e. The van der Waals surface area contributed by atoms with Crippen molar-refractivity contribution in [3.8, 4) is 0 Å². The van der Waals surface area contributed by atoms with Gasteiger partial charge in [-0.05, 0) is 47.4 Å². The van der Waals surface area contributed by atoms with Crippen molar-refractivity contribution in [2.24, 2.45) is 0 Å². The van der Waals surface area contributed by atoms with E-state index in [9.17, 15) is 8.42 Å². The van der Waals surface area contributed by atoms with Gasteiger partial charge in [-0.1, -0.05) is 18.5 Å². The molecule has 8 heteroatoms. The van der Waals surface area contributed by atoms with Crippen LogP contribution in [0, 0.1) is 0 Å². The number of halogens is 2. The van der Waals surface area contributed by atoms with Crippen molar-refractivity contribution in [1.29, 1.82) is 0 Å². The summed E-state index contributed by atoms with van der Waals surface area (Å²) in [6.45, 7) is 4.08. The van der Waals surface area contributed by atoms with E-state index in [0.29, 0.717) is 34.3 Å². The lowest BCUT2D eigenvalue weighted by Crippen LogP contribution is -2.36. The number of nitrogen functional groups attached to an aromatic ring is 1. The van der Waals surface area contributed by atoms with E-state index < -0.39 is 10.0 Å². The van der Waals surface area contributed by atoms with Crippen molar-refractivity contribution in [2.45, 2.75) is 30.7 Å². The SMILES string of the molecule is CCN(CCNS(=O)(=O)c1cc(Cl)cc(N)c1Br)C1CC1. The van der Waals surface area contributed by atoms with Gasteiger partial charge in [-0.2, -0.15) is 0 Å². The molecule has 0 aliphatic heterocycles. The maximum atomic E-state index is 12.3. The third kappa shape index (κ3) is 4.32. The molecule has 5 nitrogen and oxygen atoms in total. The van der Waals surface area contributed by atoms with Crippen LogP contribution in [-0.4, -0.2) is 39.0 Å². The maximum Gasteiger partial charge on any atom is 0.241 e.